The summed E-state index contributed by atoms with van der Waals surface area (Å²) in [6, 6.07) is 7.38. The molecule has 0 atom stereocenters. The summed E-state index contributed by atoms with van der Waals surface area (Å²) in [5, 5.41) is 9.27. The van der Waals surface area contributed by atoms with Crippen LogP contribution < -0.4 is 11.2 Å². The first-order valence-electron chi connectivity index (χ1n) is 7.81. The molecule has 122 valence electrons. The Morgan fingerprint density at radius 2 is 2.04 bits per heavy atom. The van der Waals surface area contributed by atoms with Crippen LogP contribution in [0.2, 0.25) is 0 Å². The Bertz CT molecular complexity index is 1010. The summed E-state index contributed by atoms with van der Waals surface area (Å²) >= 11 is 0. The first-order chi connectivity index (χ1) is 11.4. The summed E-state index contributed by atoms with van der Waals surface area (Å²) in [5.74, 6) is -0.308. The van der Waals surface area contributed by atoms with Crippen molar-refractivity contribution in [3.8, 4) is 6.07 Å². The zero-order valence-corrected chi connectivity index (χ0v) is 13.6. The van der Waals surface area contributed by atoms with Crippen LogP contribution >= 0.6 is 0 Å². The van der Waals surface area contributed by atoms with Gasteiger partial charge in [0.25, 0.3) is 5.56 Å². The summed E-state index contributed by atoms with van der Waals surface area (Å²) in [6.07, 6.45) is 1.26. The van der Waals surface area contributed by atoms with Crippen LogP contribution in [-0.4, -0.2) is 14.9 Å². The van der Waals surface area contributed by atoms with Crippen molar-refractivity contribution < 1.29 is 4.79 Å². The first kappa shape index (κ1) is 15.9. The van der Waals surface area contributed by atoms with Gasteiger partial charge in [0, 0.05) is 17.8 Å². The maximum absolute atomic E-state index is 12.6. The SMILES string of the molecule is Cc1ccc(C)c(C(=O)Cn2c(=O)c(C#N)c3n(c2=O)CCC3)c1. The fourth-order valence-corrected chi connectivity index (χ4v) is 3.15. The van der Waals surface area contributed by atoms with Crippen LogP contribution in [-0.2, 0) is 19.5 Å². The summed E-state index contributed by atoms with van der Waals surface area (Å²) in [4.78, 5) is 37.6. The van der Waals surface area contributed by atoms with E-state index in [2.05, 4.69) is 0 Å². The van der Waals surface area contributed by atoms with E-state index >= 15 is 0 Å². The van der Waals surface area contributed by atoms with Crippen LogP contribution in [0, 0.1) is 25.2 Å². The van der Waals surface area contributed by atoms with E-state index in [9.17, 15) is 19.6 Å². The zero-order chi connectivity index (χ0) is 17.4. The third-order valence-corrected chi connectivity index (χ3v) is 4.44. The van der Waals surface area contributed by atoms with E-state index in [1.165, 1.54) is 4.57 Å². The van der Waals surface area contributed by atoms with Crippen LogP contribution in [0.1, 0.15) is 39.2 Å². The number of rotatable bonds is 3. The second-order valence-corrected chi connectivity index (χ2v) is 6.10. The van der Waals surface area contributed by atoms with Gasteiger partial charge >= 0.3 is 5.69 Å². The number of nitrogens with zero attached hydrogens (tertiary/aromatic N) is 3. The number of ketones is 1. The fraction of sp³-hybridized carbons (Fsp3) is 0.333. The van der Waals surface area contributed by atoms with E-state index in [0.29, 0.717) is 24.2 Å². The van der Waals surface area contributed by atoms with Gasteiger partial charge in [-0.15, -0.1) is 0 Å². The molecule has 0 fully saturated rings. The van der Waals surface area contributed by atoms with E-state index in [-0.39, 0.29) is 17.9 Å². The highest BCUT2D eigenvalue weighted by molar-refractivity contribution is 5.97. The molecule has 24 heavy (non-hydrogen) atoms. The predicted molar refractivity (Wildman–Crippen MR) is 88.2 cm³/mol. The molecule has 1 aliphatic heterocycles. The molecule has 2 aromatic rings. The van der Waals surface area contributed by atoms with Crippen LogP contribution in [0.5, 0.6) is 0 Å². The molecule has 0 saturated heterocycles. The second kappa shape index (κ2) is 5.93. The van der Waals surface area contributed by atoms with Crippen LogP contribution in [0.4, 0.5) is 0 Å². The van der Waals surface area contributed by atoms with Crippen molar-refractivity contribution in [1.82, 2.24) is 9.13 Å². The van der Waals surface area contributed by atoms with Crippen molar-refractivity contribution in [2.24, 2.45) is 0 Å². The third-order valence-electron chi connectivity index (χ3n) is 4.44. The Labute approximate surface area is 138 Å². The van der Waals surface area contributed by atoms with Crippen molar-refractivity contribution >= 4 is 5.78 Å². The average molecular weight is 323 g/mol. The summed E-state index contributed by atoms with van der Waals surface area (Å²) < 4.78 is 2.33. The van der Waals surface area contributed by atoms with Gasteiger partial charge in [-0.1, -0.05) is 17.7 Å². The molecule has 1 aromatic heterocycles. The minimum atomic E-state index is -0.672. The Balaban J connectivity index is 2.10. The monoisotopic (exact) mass is 323 g/mol. The molecule has 0 aliphatic carbocycles. The molecule has 1 aromatic carbocycles. The zero-order valence-electron chi connectivity index (χ0n) is 13.6. The molecule has 0 unspecified atom stereocenters. The summed E-state index contributed by atoms with van der Waals surface area (Å²) in [6.45, 7) is 3.81. The number of carbonyl (C=O) groups is 1. The van der Waals surface area contributed by atoms with Crippen LogP contribution in [0.25, 0.3) is 0 Å². The van der Waals surface area contributed by atoms with E-state index in [0.717, 1.165) is 22.1 Å². The minimum Gasteiger partial charge on any atom is -0.296 e. The van der Waals surface area contributed by atoms with Crippen molar-refractivity contribution in [2.45, 2.75) is 39.8 Å². The van der Waals surface area contributed by atoms with Crippen molar-refractivity contribution in [3.05, 3.63) is 67.0 Å². The van der Waals surface area contributed by atoms with Gasteiger partial charge in [0.15, 0.2) is 5.78 Å². The number of carbonyl (C=O) groups excluding carboxylic acids is 1. The van der Waals surface area contributed by atoms with Crippen LogP contribution in [0.3, 0.4) is 0 Å². The standard InChI is InChI=1S/C18H17N3O3/c1-11-5-6-12(2)13(8-11)16(22)10-21-17(23)14(9-19)15-4-3-7-20(15)18(21)24/h5-6,8H,3-4,7,10H2,1-2H3. The Morgan fingerprint density at radius 3 is 2.75 bits per heavy atom. The molecule has 6 heteroatoms. The van der Waals surface area contributed by atoms with Gasteiger partial charge in [0.05, 0.1) is 6.54 Å². The number of aromatic nitrogens is 2. The lowest BCUT2D eigenvalue weighted by Gasteiger charge is -2.11. The Kier molecular flexibility index (Phi) is 3.94. The normalized spacial score (nSPS) is 12.7. The van der Waals surface area contributed by atoms with Gasteiger partial charge in [-0.05, 0) is 38.3 Å². The van der Waals surface area contributed by atoms with Gasteiger partial charge < -0.3 is 0 Å². The molecule has 2 heterocycles. The lowest BCUT2D eigenvalue weighted by molar-refractivity contribution is 0.0967. The number of fused-ring (bicyclic) bond motifs is 1. The maximum atomic E-state index is 12.6. The number of nitriles is 1. The molecule has 0 amide bonds. The third kappa shape index (κ3) is 2.48. The highest BCUT2D eigenvalue weighted by atomic mass is 16.2. The minimum absolute atomic E-state index is 0.0270. The van der Waals surface area contributed by atoms with E-state index in [1.807, 2.05) is 32.0 Å². The van der Waals surface area contributed by atoms with Gasteiger partial charge in [0.1, 0.15) is 11.6 Å². The molecular weight excluding hydrogens is 306 g/mol. The highest BCUT2D eigenvalue weighted by Crippen LogP contribution is 2.14. The molecule has 1 aliphatic rings. The predicted octanol–water partition coefficient (Wildman–Crippen LogP) is 1.33. The molecule has 0 saturated carbocycles. The van der Waals surface area contributed by atoms with Gasteiger partial charge in [0.2, 0.25) is 0 Å². The second-order valence-electron chi connectivity index (χ2n) is 6.10. The summed E-state index contributed by atoms with van der Waals surface area (Å²) in [7, 11) is 0. The average Bonchev–Trinajstić information content (AvgIpc) is 3.03. The van der Waals surface area contributed by atoms with E-state index in [4.69, 9.17) is 0 Å². The van der Waals surface area contributed by atoms with Gasteiger partial charge in [-0.2, -0.15) is 5.26 Å². The van der Waals surface area contributed by atoms with Crippen molar-refractivity contribution in [1.29, 1.82) is 5.26 Å². The maximum Gasteiger partial charge on any atom is 0.331 e. The van der Waals surface area contributed by atoms with Gasteiger partial charge in [-0.25, -0.2) is 4.79 Å². The highest BCUT2D eigenvalue weighted by Gasteiger charge is 2.24. The van der Waals surface area contributed by atoms with Crippen molar-refractivity contribution in [2.75, 3.05) is 0 Å². The van der Waals surface area contributed by atoms with Crippen LogP contribution in [0.15, 0.2) is 27.8 Å². The smallest absolute Gasteiger partial charge is 0.296 e. The topological polar surface area (TPSA) is 84.9 Å². The lowest BCUT2D eigenvalue weighted by Crippen LogP contribution is -2.43. The van der Waals surface area contributed by atoms with Gasteiger partial charge in [-0.3, -0.25) is 18.7 Å². The molecular formula is C18H17N3O3. The molecule has 0 N–H and O–H groups in total. The molecule has 3 rings (SSSR count). The quantitative estimate of drug-likeness (QED) is 0.798. The number of hydrogen-bond donors (Lipinski definition) is 0. The van der Waals surface area contributed by atoms with E-state index in [1.54, 1.807) is 6.07 Å². The number of Topliss-reactive ketones (excluding diaryl/α,β-unsaturated/α-hetero) is 1. The number of aryl methyl sites for hydroxylation is 2. The fourth-order valence-electron chi connectivity index (χ4n) is 3.15. The molecule has 0 radical (unpaired) electrons. The van der Waals surface area contributed by atoms with Crippen molar-refractivity contribution in [3.63, 3.8) is 0 Å². The number of benzene rings is 1. The number of hydrogen-bond acceptors (Lipinski definition) is 4. The van der Waals surface area contributed by atoms with E-state index < -0.39 is 11.2 Å². The molecule has 6 nitrogen and oxygen atoms in total. The Morgan fingerprint density at radius 1 is 1.29 bits per heavy atom. The summed E-state index contributed by atoms with van der Waals surface area (Å²) in [5.41, 5.74) is 1.49. The Hall–Kier alpha value is -2.94. The molecule has 0 spiro atoms. The lowest BCUT2D eigenvalue weighted by atomic mass is 10.0. The molecule has 0 bridgehead atoms. The first-order valence-corrected chi connectivity index (χ1v) is 7.81. The largest absolute Gasteiger partial charge is 0.331 e.